The molecule has 0 aromatic heterocycles. The van der Waals surface area contributed by atoms with E-state index in [0.717, 1.165) is 31.0 Å². The molecule has 2 rings (SSSR count). The third-order valence-electron chi connectivity index (χ3n) is 4.24. The van der Waals surface area contributed by atoms with Crippen molar-refractivity contribution in [3.8, 4) is 0 Å². The van der Waals surface area contributed by atoms with E-state index in [9.17, 15) is 22.4 Å². The normalized spacial score (nSPS) is 17.2. The molecule has 0 aliphatic carbocycles. The standard InChI is InChI=1S/C17H22FNO6S/c1-2-26(23,24)13-5-6-15(18)14(10-13)17(22)19(8-7-16(20)21)11-12-4-3-9-25-12/h5-6,10,12H,2-4,7-9,11H2,1H3,(H,20,21)/t12-/m1/s1. The number of benzene rings is 1. The Hall–Kier alpha value is -2.00. The second-order valence-corrected chi connectivity index (χ2v) is 8.35. The monoisotopic (exact) mass is 387 g/mol. The molecule has 9 heteroatoms. The number of carboxylic acids is 1. The molecular weight excluding hydrogens is 365 g/mol. The van der Waals surface area contributed by atoms with Crippen LogP contribution in [0.2, 0.25) is 0 Å². The molecule has 1 heterocycles. The number of sulfone groups is 1. The number of hydrogen-bond donors (Lipinski definition) is 1. The van der Waals surface area contributed by atoms with Gasteiger partial charge in [-0.1, -0.05) is 6.92 Å². The lowest BCUT2D eigenvalue weighted by molar-refractivity contribution is -0.137. The Morgan fingerprint density at radius 3 is 2.69 bits per heavy atom. The first-order valence-corrected chi connectivity index (χ1v) is 10.0. The number of rotatable bonds is 8. The van der Waals surface area contributed by atoms with Crippen LogP contribution in [0.5, 0.6) is 0 Å². The van der Waals surface area contributed by atoms with Gasteiger partial charge in [-0.05, 0) is 31.0 Å². The molecule has 1 aliphatic heterocycles. The average Bonchev–Trinajstić information content (AvgIpc) is 3.11. The van der Waals surface area contributed by atoms with Gasteiger partial charge in [0.25, 0.3) is 5.91 Å². The summed E-state index contributed by atoms with van der Waals surface area (Å²) in [5.74, 6) is -2.85. The Bertz CT molecular complexity index is 773. The number of carbonyl (C=O) groups is 2. The zero-order chi connectivity index (χ0) is 19.3. The van der Waals surface area contributed by atoms with E-state index in [1.54, 1.807) is 0 Å². The van der Waals surface area contributed by atoms with Crippen LogP contribution in [0.4, 0.5) is 4.39 Å². The molecule has 1 N–H and O–H groups in total. The van der Waals surface area contributed by atoms with Crippen LogP contribution in [0.15, 0.2) is 23.1 Å². The topological polar surface area (TPSA) is 101 Å². The van der Waals surface area contributed by atoms with E-state index in [1.165, 1.54) is 11.8 Å². The number of ether oxygens (including phenoxy) is 1. The molecule has 1 amide bonds. The van der Waals surface area contributed by atoms with Gasteiger partial charge < -0.3 is 14.7 Å². The van der Waals surface area contributed by atoms with Crippen molar-refractivity contribution in [3.05, 3.63) is 29.6 Å². The predicted octanol–water partition coefficient (Wildman–Crippen LogP) is 1.72. The summed E-state index contributed by atoms with van der Waals surface area (Å²) in [6.07, 6.45) is 1.03. The molecule has 0 unspecified atom stereocenters. The van der Waals surface area contributed by atoms with Gasteiger partial charge >= 0.3 is 5.97 Å². The van der Waals surface area contributed by atoms with E-state index in [0.29, 0.717) is 6.61 Å². The maximum Gasteiger partial charge on any atom is 0.305 e. The Morgan fingerprint density at radius 2 is 2.12 bits per heavy atom. The van der Waals surface area contributed by atoms with E-state index < -0.39 is 27.5 Å². The van der Waals surface area contributed by atoms with Crippen molar-refractivity contribution in [2.24, 2.45) is 0 Å². The molecule has 0 radical (unpaired) electrons. The van der Waals surface area contributed by atoms with Crippen molar-refractivity contribution in [2.45, 2.75) is 37.2 Å². The fraction of sp³-hybridized carbons (Fsp3) is 0.529. The van der Waals surface area contributed by atoms with Gasteiger partial charge in [0.2, 0.25) is 0 Å². The van der Waals surface area contributed by atoms with Gasteiger partial charge in [-0.15, -0.1) is 0 Å². The highest BCUT2D eigenvalue weighted by Gasteiger charge is 2.26. The average molecular weight is 387 g/mol. The van der Waals surface area contributed by atoms with Crippen LogP contribution in [0.3, 0.4) is 0 Å². The minimum atomic E-state index is -3.60. The summed E-state index contributed by atoms with van der Waals surface area (Å²) in [7, 11) is -3.60. The maximum atomic E-state index is 14.2. The zero-order valence-electron chi connectivity index (χ0n) is 14.5. The molecule has 1 saturated heterocycles. The predicted molar refractivity (Wildman–Crippen MR) is 91.3 cm³/mol. The van der Waals surface area contributed by atoms with Crippen LogP contribution < -0.4 is 0 Å². The third-order valence-corrected chi connectivity index (χ3v) is 5.97. The van der Waals surface area contributed by atoms with Crippen LogP contribution in [0.25, 0.3) is 0 Å². The van der Waals surface area contributed by atoms with Gasteiger partial charge in [-0.3, -0.25) is 9.59 Å². The Kier molecular flexibility index (Phi) is 6.71. The Balaban J connectivity index is 2.30. The van der Waals surface area contributed by atoms with Gasteiger partial charge in [0.05, 0.1) is 28.7 Å². The van der Waals surface area contributed by atoms with Gasteiger partial charge in [0.1, 0.15) is 5.82 Å². The lowest BCUT2D eigenvalue weighted by Crippen LogP contribution is -2.39. The molecule has 26 heavy (non-hydrogen) atoms. The molecule has 0 saturated carbocycles. The molecule has 1 aromatic carbocycles. The highest BCUT2D eigenvalue weighted by Crippen LogP contribution is 2.20. The van der Waals surface area contributed by atoms with Crippen molar-refractivity contribution < 1.29 is 32.2 Å². The summed E-state index contributed by atoms with van der Waals surface area (Å²) in [4.78, 5) is 24.7. The molecule has 1 fully saturated rings. The summed E-state index contributed by atoms with van der Waals surface area (Å²) >= 11 is 0. The van der Waals surface area contributed by atoms with Gasteiger partial charge in [0, 0.05) is 19.7 Å². The number of carbonyl (C=O) groups excluding carboxylic acids is 1. The first-order chi connectivity index (χ1) is 12.2. The second-order valence-electron chi connectivity index (χ2n) is 6.08. The lowest BCUT2D eigenvalue weighted by Gasteiger charge is -2.25. The number of carboxylic acid groups (broad SMARTS) is 1. The molecular formula is C17H22FNO6S. The summed E-state index contributed by atoms with van der Waals surface area (Å²) in [6.45, 7) is 2.04. The molecule has 1 aliphatic rings. The van der Waals surface area contributed by atoms with E-state index >= 15 is 0 Å². The van der Waals surface area contributed by atoms with E-state index in [2.05, 4.69) is 0 Å². The number of aliphatic carboxylic acids is 1. The number of amides is 1. The smallest absolute Gasteiger partial charge is 0.305 e. The highest BCUT2D eigenvalue weighted by atomic mass is 32.2. The number of halogens is 1. The molecule has 1 atom stereocenters. The summed E-state index contributed by atoms with van der Waals surface area (Å²) in [6, 6.07) is 3.07. The minimum Gasteiger partial charge on any atom is -0.481 e. The summed E-state index contributed by atoms with van der Waals surface area (Å²) in [5, 5.41) is 8.89. The molecule has 0 spiro atoms. The van der Waals surface area contributed by atoms with Crippen LogP contribution in [-0.4, -0.2) is 61.9 Å². The highest BCUT2D eigenvalue weighted by molar-refractivity contribution is 7.91. The van der Waals surface area contributed by atoms with Crippen molar-refractivity contribution in [3.63, 3.8) is 0 Å². The molecule has 144 valence electrons. The molecule has 1 aromatic rings. The van der Waals surface area contributed by atoms with Crippen molar-refractivity contribution in [1.29, 1.82) is 0 Å². The Labute approximate surface area is 151 Å². The molecule has 0 bridgehead atoms. The van der Waals surface area contributed by atoms with E-state index in [-0.39, 0.29) is 41.8 Å². The van der Waals surface area contributed by atoms with Gasteiger partial charge in [-0.2, -0.15) is 0 Å². The Morgan fingerprint density at radius 1 is 1.38 bits per heavy atom. The fourth-order valence-corrected chi connectivity index (χ4v) is 3.65. The molecule has 7 nitrogen and oxygen atoms in total. The maximum absolute atomic E-state index is 14.2. The lowest BCUT2D eigenvalue weighted by atomic mass is 10.1. The van der Waals surface area contributed by atoms with Gasteiger partial charge in [0.15, 0.2) is 9.84 Å². The van der Waals surface area contributed by atoms with Crippen molar-refractivity contribution in [1.82, 2.24) is 4.90 Å². The van der Waals surface area contributed by atoms with Crippen LogP contribution in [-0.2, 0) is 19.4 Å². The van der Waals surface area contributed by atoms with Crippen LogP contribution >= 0.6 is 0 Å². The van der Waals surface area contributed by atoms with Crippen molar-refractivity contribution >= 4 is 21.7 Å². The second kappa shape index (κ2) is 8.59. The summed E-state index contributed by atoms with van der Waals surface area (Å²) < 4.78 is 43.7. The minimum absolute atomic E-state index is 0.113. The van der Waals surface area contributed by atoms with Gasteiger partial charge in [-0.25, -0.2) is 12.8 Å². The third kappa shape index (κ3) is 5.01. The fourth-order valence-electron chi connectivity index (χ4n) is 2.74. The van der Waals surface area contributed by atoms with Crippen molar-refractivity contribution in [2.75, 3.05) is 25.4 Å². The first-order valence-electron chi connectivity index (χ1n) is 8.39. The zero-order valence-corrected chi connectivity index (χ0v) is 15.3. The quantitative estimate of drug-likeness (QED) is 0.682. The van der Waals surface area contributed by atoms with Crippen LogP contribution in [0, 0.1) is 5.82 Å². The summed E-state index contributed by atoms with van der Waals surface area (Å²) in [5.41, 5.74) is -0.386. The SMILES string of the molecule is CCS(=O)(=O)c1ccc(F)c(C(=O)N(CCC(=O)O)C[C@H]2CCCO2)c1. The number of hydrogen-bond acceptors (Lipinski definition) is 5. The van der Waals surface area contributed by atoms with E-state index in [1.807, 2.05) is 0 Å². The number of nitrogens with zero attached hydrogens (tertiary/aromatic N) is 1. The van der Waals surface area contributed by atoms with Crippen LogP contribution in [0.1, 0.15) is 36.5 Å². The first kappa shape index (κ1) is 20.3. The van der Waals surface area contributed by atoms with E-state index in [4.69, 9.17) is 9.84 Å². The largest absolute Gasteiger partial charge is 0.481 e.